The van der Waals surface area contributed by atoms with Gasteiger partial charge in [-0.1, -0.05) is 48.5 Å². The van der Waals surface area contributed by atoms with Crippen LogP contribution in [-0.4, -0.2) is 36.5 Å². The summed E-state index contributed by atoms with van der Waals surface area (Å²) in [7, 11) is 0. The van der Waals surface area contributed by atoms with E-state index in [1.807, 2.05) is 48.5 Å². The Bertz CT molecular complexity index is 904. The topological polar surface area (TPSA) is 46.6 Å². The number of esters is 1. The lowest BCUT2D eigenvalue weighted by molar-refractivity contribution is -0.133. The Morgan fingerprint density at radius 3 is 2.04 bits per heavy atom. The van der Waals surface area contributed by atoms with Gasteiger partial charge in [-0.3, -0.25) is 4.79 Å². The maximum absolute atomic E-state index is 12.8. The summed E-state index contributed by atoms with van der Waals surface area (Å²) in [4.78, 5) is 26.7. The van der Waals surface area contributed by atoms with E-state index in [1.54, 1.807) is 4.90 Å². The Hall–Kier alpha value is -2.88. The molecule has 1 amide bonds. The van der Waals surface area contributed by atoms with Crippen molar-refractivity contribution in [3.05, 3.63) is 60.2 Å². The van der Waals surface area contributed by atoms with Crippen LogP contribution in [0.2, 0.25) is 0 Å². The predicted molar refractivity (Wildman–Crippen MR) is 97.6 cm³/mol. The molecule has 3 aromatic rings. The number of rotatable bonds is 3. The Kier molecular flexibility index (Phi) is 4.10. The molecular weight excluding hydrogens is 314 g/mol. The second-order valence-corrected chi connectivity index (χ2v) is 6.36. The van der Waals surface area contributed by atoms with E-state index >= 15 is 0 Å². The van der Waals surface area contributed by atoms with Crippen molar-refractivity contribution in [2.75, 3.05) is 19.7 Å². The van der Waals surface area contributed by atoms with Crippen LogP contribution in [0.4, 0.5) is 0 Å². The SMILES string of the molecule is O=C(OCC(=O)N1CCCC1)c1c2ccccc2cc2ccccc12. The van der Waals surface area contributed by atoms with Crippen molar-refractivity contribution in [1.29, 1.82) is 0 Å². The number of amides is 1. The first-order valence-corrected chi connectivity index (χ1v) is 8.59. The largest absolute Gasteiger partial charge is 0.452 e. The molecule has 4 rings (SSSR count). The first kappa shape index (κ1) is 15.6. The monoisotopic (exact) mass is 333 g/mol. The van der Waals surface area contributed by atoms with Gasteiger partial charge in [0, 0.05) is 13.1 Å². The van der Waals surface area contributed by atoms with Crippen LogP contribution in [0, 0.1) is 0 Å². The van der Waals surface area contributed by atoms with Gasteiger partial charge in [0.25, 0.3) is 5.91 Å². The molecule has 4 heteroatoms. The standard InChI is InChI=1S/C21H19NO3/c23-19(22-11-5-6-12-22)14-25-21(24)20-17-9-3-1-7-15(17)13-16-8-2-4-10-18(16)20/h1-4,7-10,13H,5-6,11-12,14H2. The number of likely N-dealkylation sites (tertiary alicyclic amines) is 1. The van der Waals surface area contributed by atoms with Crippen LogP contribution >= 0.6 is 0 Å². The third-order valence-corrected chi connectivity index (χ3v) is 4.76. The minimum Gasteiger partial charge on any atom is -0.452 e. The zero-order valence-electron chi connectivity index (χ0n) is 13.9. The molecule has 4 nitrogen and oxygen atoms in total. The van der Waals surface area contributed by atoms with Gasteiger partial charge in [0.2, 0.25) is 0 Å². The van der Waals surface area contributed by atoms with E-state index in [2.05, 4.69) is 6.07 Å². The lowest BCUT2D eigenvalue weighted by Gasteiger charge is -2.16. The highest BCUT2D eigenvalue weighted by atomic mass is 16.5. The summed E-state index contributed by atoms with van der Waals surface area (Å²) in [5.74, 6) is -0.559. The number of carbonyl (C=O) groups excluding carboxylic acids is 2. The molecule has 0 radical (unpaired) electrons. The van der Waals surface area contributed by atoms with Crippen molar-refractivity contribution < 1.29 is 14.3 Å². The summed E-state index contributed by atoms with van der Waals surface area (Å²) in [6.07, 6.45) is 2.04. The molecule has 0 bridgehead atoms. The summed E-state index contributed by atoms with van der Waals surface area (Å²) in [5.41, 5.74) is 0.530. The molecule has 0 unspecified atom stereocenters. The fraction of sp³-hybridized carbons (Fsp3) is 0.238. The van der Waals surface area contributed by atoms with Crippen LogP contribution in [-0.2, 0) is 9.53 Å². The van der Waals surface area contributed by atoms with Crippen molar-refractivity contribution in [2.24, 2.45) is 0 Å². The number of benzene rings is 3. The highest BCUT2D eigenvalue weighted by Crippen LogP contribution is 2.29. The lowest BCUT2D eigenvalue weighted by Crippen LogP contribution is -2.32. The van der Waals surface area contributed by atoms with Gasteiger partial charge >= 0.3 is 5.97 Å². The molecule has 25 heavy (non-hydrogen) atoms. The van der Waals surface area contributed by atoms with Crippen LogP contribution in [0.25, 0.3) is 21.5 Å². The summed E-state index contributed by atoms with van der Waals surface area (Å²) >= 11 is 0. The Labute approximate surface area is 146 Å². The van der Waals surface area contributed by atoms with Crippen LogP contribution in [0.5, 0.6) is 0 Å². The zero-order valence-corrected chi connectivity index (χ0v) is 13.9. The van der Waals surface area contributed by atoms with Crippen molar-refractivity contribution in [3.8, 4) is 0 Å². The van der Waals surface area contributed by atoms with Crippen molar-refractivity contribution in [2.45, 2.75) is 12.8 Å². The van der Waals surface area contributed by atoms with E-state index in [-0.39, 0.29) is 12.5 Å². The smallest absolute Gasteiger partial charge is 0.339 e. The molecular formula is C21H19NO3. The van der Waals surface area contributed by atoms with Gasteiger partial charge in [-0.05, 0) is 40.5 Å². The molecule has 1 heterocycles. The van der Waals surface area contributed by atoms with E-state index in [4.69, 9.17) is 4.74 Å². The molecule has 3 aromatic carbocycles. The Balaban J connectivity index is 1.68. The Morgan fingerprint density at radius 1 is 0.880 bits per heavy atom. The van der Waals surface area contributed by atoms with E-state index < -0.39 is 5.97 Å². The number of hydrogen-bond acceptors (Lipinski definition) is 3. The molecule has 0 atom stereocenters. The van der Waals surface area contributed by atoms with E-state index in [0.29, 0.717) is 5.56 Å². The van der Waals surface area contributed by atoms with Gasteiger partial charge < -0.3 is 9.64 Å². The molecule has 0 N–H and O–H groups in total. The third-order valence-electron chi connectivity index (χ3n) is 4.76. The molecule has 126 valence electrons. The van der Waals surface area contributed by atoms with Gasteiger partial charge in [-0.25, -0.2) is 4.79 Å². The first-order chi connectivity index (χ1) is 12.2. The summed E-state index contributed by atoms with van der Waals surface area (Å²) in [5, 5.41) is 3.66. The molecule has 1 aliphatic heterocycles. The third kappa shape index (κ3) is 2.95. The van der Waals surface area contributed by atoms with Gasteiger partial charge in [0.15, 0.2) is 6.61 Å². The second kappa shape index (κ2) is 6.55. The minimum atomic E-state index is -0.444. The average Bonchev–Trinajstić information content (AvgIpc) is 3.18. The normalized spacial score (nSPS) is 14.2. The molecule has 1 saturated heterocycles. The fourth-order valence-corrected chi connectivity index (χ4v) is 3.49. The van der Waals surface area contributed by atoms with Crippen molar-refractivity contribution >= 4 is 33.4 Å². The van der Waals surface area contributed by atoms with Crippen LogP contribution in [0.1, 0.15) is 23.2 Å². The highest BCUT2D eigenvalue weighted by Gasteiger charge is 2.21. The number of fused-ring (bicyclic) bond motifs is 2. The van der Waals surface area contributed by atoms with Gasteiger partial charge in [0.05, 0.1) is 5.56 Å². The van der Waals surface area contributed by atoms with Crippen LogP contribution < -0.4 is 0 Å². The second-order valence-electron chi connectivity index (χ2n) is 6.36. The molecule has 0 aliphatic carbocycles. The van der Waals surface area contributed by atoms with Gasteiger partial charge in [-0.2, -0.15) is 0 Å². The van der Waals surface area contributed by atoms with E-state index in [0.717, 1.165) is 47.5 Å². The number of hydrogen-bond donors (Lipinski definition) is 0. The van der Waals surface area contributed by atoms with Gasteiger partial charge in [0.1, 0.15) is 0 Å². The minimum absolute atomic E-state index is 0.115. The molecule has 0 saturated carbocycles. The molecule has 0 aromatic heterocycles. The molecule has 1 aliphatic rings. The van der Waals surface area contributed by atoms with Crippen molar-refractivity contribution in [1.82, 2.24) is 4.90 Å². The van der Waals surface area contributed by atoms with Crippen LogP contribution in [0.3, 0.4) is 0 Å². The zero-order chi connectivity index (χ0) is 17.2. The highest BCUT2D eigenvalue weighted by molar-refractivity contribution is 6.16. The average molecular weight is 333 g/mol. The molecule has 0 spiro atoms. The number of ether oxygens (including phenoxy) is 1. The van der Waals surface area contributed by atoms with Gasteiger partial charge in [-0.15, -0.1) is 0 Å². The lowest BCUT2D eigenvalue weighted by atomic mass is 9.97. The summed E-state index contributed by atoms with van der Waals surface area (Å²) in [6, 6.07) is 17.6. The van der Waals surface area contributed by atoms with Crippen LogP contribution in [0.15, 0.2) is 54.6 Å². The quantitative estimate of drug-likeness (QED) is 0.541. The maximum atomic E-state index is 12.8. The summed E-state index contributed by atoms with van der Waals surface area (Å²) in [6.45, 7) is 1.32. The Morgan fingerprint density at radius 2 is 1.44 bits per heavy atom. The molecule has 1 fully saturated rings. The van der Waals surface area contributed by atoms with Crippen molar-refractivity contribution in [3.63, 3.8) is 0 Å². The first-order valence-electron chi connectivity index (χ1n) is 8.59. The summed E-state index contributed by atoms with van der Waals surface area (Å²) < 4.78 is 5.39. The predicted octanol–water partition coefficient (Wildman–Crippen LogP) is 3.77. The van der Waals surface area contributed by atoms with E-state index in [9.17, 15) is 9.59 Å². The number of carbonyl (C=O) groups is 2. The fourth-order valence-electron chi connectivity index (χ4n) is 3.49. The number of nitrogens with zero attached hydrogens (tertiary/aromatic N) is 1. The van der Waals surface area contributed by atoms with E-state index in [1.165, 1.54) is 0 Å². The maximum Gasteiger partial charge on any atom is 0.339 e.